The summed E-state index contributed by atoms with van der Waals surface area (Å²) >= 11 is 7.80. The van der Waals surface area contributed by atoms with Crippen molar-refractivity contribution in [3.8, 4) is 5.75 Å². The number of nitrogens with one attached hydrogen (secondary N) is 1. The second-order valence-corrected chi connectivity index (χ2v) is 6.29. The van der Waals surface area contributed by atoms with Gasteiger partial charge in [0, 0.05) is 11.3 Å². The van der Waals surface area contributed by atoms with Gasteiger partial charge in [0.2, 0.25) is 0 Å². The quantitative estimate of drug-likeness (QED) is 0.899. The Hall–Kier alpha value is -0.870. The smallest absolute Gasteiger partial charge is 0.253 e. The number of hydrogen-bond donors (Lipinski definition) is 2. The van der Waals surface area contributed by atoms with Crippen LogP contribution in [0.4, 0.5) is 0 Å². The Balaban J connectivity index is 2.09. The summed E-state index contributed by atoms with van der Waals surface area (Å²) in [6.07, 6.45) is 6.60. The van der Waals surface area contributed by atoms with E-state index < -0.39 is 0 Å². The van der Waals surface area contributed by atoms with Crippen molar-refractivity contribution < 1.29 is 9.90 Å². The highest BCUT2D eigenvalue weighted by Gasteiger charge is 2.26. The molecule has 0 spiro atoms. The van der Waals surface area contributed by atoms with Crippen LogP contribution in [-0.4, -0.2) is 28.6 Å². The molecular formula is C14H18ClNO2S. The second-order valence-electron chi connectivity index (χ2n) is 4.80. The van der Waals surface area contributed by atoms with E-state index in [2.05, 4.69) is 11.6 Å². The molecule has 19 heavy (non-hydrogen) atoms. The molecule has 2 N–H and O–H groups in total. The fourth-order valence-corrected chi connectivity index (χ4v) is 3.62. The van der Waals surface area contributed by atoms with Crippen molar-refractivity contribution in [2.45, 2.75) is 37.0 Å². The fraction of sp³-hybridized carbons (Fsp3) is 0.500. The van der Waals surface area contributed by atoms with E-state index in [0.29, 0.717) is 15.8 Å². The van der Waals surface area contributed by atoms with Gasteiger partial charge in [-0.05, 0) is 37.3 Å². The number of hydrogen-bond acceptors (Lipinski definition) is 3. The van der Waals surface area contributed by atoms with Crippen molar-refractivity contribution in [1.82, 2.24) is 5.32 Å². The summed E-state index contributed by atoms with van der Waals surface area (Å²) in [6, 6.07) is 4.62. The zero-order valence-electron chi connectivity index (χ0n) is 10.9. The molecule has 1 amide bonds. The number of carbonyl (C=O) groups excluding carboxylic acids is 1. The Morgan fingerprint density at radius 2 is 2.16 bits per heavy atom. The highest BCUT2D eigenvalue weighted by molar-refractivity contribution is 7.99. The number of aromatic hydroxyl groups is 1. The molecule has 1 saturated carbocycles. The summed E-state index contributed by atoms with van der Waals surface area (Å²) in [5, 5.41) is 13.3. The van der Waals surface area contributed by atoms with Crippen molar-refractivity contribution in [2.75, 3.05) is 6.26 Å². The normalized spacial score (nSPS) is 23.1. The monoisotopic (exact) mass is 299 g/mol. The lowest BCUT2D eigenvalue weighted by Gasteiger charge is -2.31. The van der Waals surface area contributed by atoms with Crippen molar-refractivity contribution in [3.05, 3.63) is 28.8 Å². The van der Waals surface area contributed by atoms with Gasteiger partial charge >= 0.3 is 0 Å². The van der Waals surface area contributed by atoms with Crippen molar-refractivity contribution >= 4 is 29.3 Å². The first-order valence-corrected chi connectivity index (χ1v) is 8.10. The number of phenolic OH excluding ortho intramolecular Hbond substituents is 1. The molecule has 3 nitrogen and oxygen atoms in total. The molecule has 1 aromatic carbocycles. The Bertz CT molecular complexity index is 467. The van der Waals surface area contributed by atoms with Gasteiger partial charge in [0.05, 0.1) is 10.6 Å². The molecule has 2 rings (SSSR count). The van der Waals surface area contributed by atoms with Gasteiger partial charge in [-0.2, -0.15) is 11.8 Å². The first kappa shape index (κ1) is 14.5. The van der Waals surface area contributed by atoms with Gasteiger partial charge in [0.25, 0.3) is 5.91 Å². The average molecular weight is 300 g/mol. The summed E-state index contributed by atoms with van der Waals surface area (Å²) in [5.74, 6) is -0.147. The van der Waals surface area contributed by atoms with Crippen molar-refractivity contribution in [3.63, 3.8) is 0 Å². The molecule has 1 fully saturated rings. The molecule has 104 valence electrons. The number of benzene rings is 1. The van der Waals surface area contributed by atoms with Gasteiger partial charge in [-0.25, -0.2) is 0 Å². The van der Waals surface area contributed by atoms with Crippen molar-refractivity contribution in [1.29, 1.82) is 0 Å². The maximum absolute atomic E-state index is 12.2. The second kappa shape index (κ2) is 6.53. The first-order chi connectivity index (χ1) is 9.11. The molecule has 0 bridgehead atoms. The van der Waals surface area contributed by atoms with E-state index in [-0.39, 0.29) is 17.7 Å². The number of rotatable bonds is 3. The summed E-state index contributed by atoms with van der Waals surface area (Å²) in [4.78, 5) is 12.2. The molecule has 2 unspecified atom stereocenters. The van der Waals surface area contributed by atoms with Crippen LogP contribution in [0, 0.1) is 0 Å². The lowest BCUT2D eigenvalue weighted by atomic mass is 9.94. The maximum Gasteiger partial charge on any atom is 0.253 e. The predicted molar refractivity (Wildman–Crippen MR) is 80.1 cm³/mol. The Morgan fingerprint density at radius 1 is 1.42 bits per heavy atom. The lowest BCUT2D eigenvalue weighted by molar-refractivity contribution is 0.0929. The lowest BCUT2D eigenvalue weighted by Crippen LogP contribution is -2.43. The summed E-state index contributed by atoms with van der Waals surface area (Å²) in [7, 11) is 0. The van der Waals surface area contributed by atoms with Crippen LogP contribution in [0.1, 0.15) is 36.0 Å². The average Bonchev–Trinajstić information content (AvgIpc) is 2.42. The Morgan fingerprint density at radius 3 is 2.89 bits per heavy atom. The van der Waals surface area contributed by atoms with Crippen LogP contribution in [-0.2, 0) is 0 Å². The molecule has 5 heteroatoms. The highest BCUT2D eigenvalue weighted by Crippen LogP contribution is 2.28. The van der Waals surface area contributed by atoms with Gasteiger partial charge in [0.15, 0.2) is 0 Å². The van der Waals surface area contributed by atoms with E-state index in [1.165, 1.54) is 18.6 Å². The molecule has 0 heterocycles. The van der Waals surface area contributed by atoms with E-state index in [9.17, 15) is 9.90 Å². The van der Waals surface area contributed by atoms with E-state index in [4.69, 9.17) is 11.6 Å². The van der Waals surface area contributed by atoms with Crippen LogP contribution < -0.4 is 5.32 Å². The minimum absolute atomic E-state index is 0.0552. The molecule has 2 atom stereocenters. The van der Waals surface area contributed by atoms with Crippen molar-refractivity contribution in [2.24, 2.45) is 0 Å². The van der Waals surface area contributed by atoms with Crippen LogP contribution in [0.15, 0.2) is 18.2 Å². The number of amides is 1. The third kappa shape index (κ3) is 3.57. The molecule has 0 saturated heterocycles. The van der Waals surface area contributed by atoms with Gasteiger partial charge in [-0.1, -0.05) is 24.4 Å². The summed E-state index contributed by atoms with van der Waals surface area (Å²) < 4.78 is 0. The molecule has 0 radical (unpaired) electrons. The van der Waals surface area contributed by atoms with Crippen LogP contribution >= 0.6 is 23.4 Å². The first-order valence-electron chi connectivity index (χ1n) is 6.44. The minimum atomic E-state index is -0.202. The minimum Gasteiger partial charge on any atom is -0.508 e. The summed E-state index contributed by atoms with van der Waals surface area (Å²) in [6.45, 7) is 0. The molecular weight excluding hydrogens is 282 g/mol. The van der Waals surface area contributed by atoms with E-state index in [0.717, 1.165) is 19.3 Å². The number of phenols is 1. The largest absolute Gasteiger partial charge is 0.508 e. The predicted octanol–water partition coefficient (Wildman–Crippen LogP) is 3.45. The Kier molecular flexibility index (Phi) is 4.99. The number of halogens is 1. The summed E-state index contributed by atoms with van der Waals surface area (Å²) in [5.41, 5.74) is 0.340. The molecule has 1 aliphatic carbocycles. The van der Waals surface area contributed by atoms with Gasteiger partial charge in [0.1, 0.15) is 5.75 Å². The van der Waals surface area contributed by atoms with Crippen LogP contribution in [0.5, 0.6) is 5.75 Å². The third-order valence-electron chi connectivity index (χ3n) is 3.52. The van der Waals surface area contributed by atoms with E-state index in [1.807, 2.05) is 0 Å². The fourth-order valence-electron chi connectivity index (χ4n) is 2.48. The van der Waals surface area contributed by atoms with Crippen LogP contribution in [0.2, 0.25) is 5.02 Å². The molecule has 0 aromatic heterocycles. The Labute approximate surface area is 122 Å². The number of carbonyl (C=O) groups is 1. The standard InChI is InChI=1S/C14H18ClNO2S/c1-19-13-5-3-2-4-12(13)16-14(18)10-8-9(17)6-7-11(10)15/h6-8,12-13,17H,2-5H2,1H3,(H,16,18). The van der Waals surface area contributed by atoms with Gasteiger partial charge in [-0.15, -0.1) is 0 Å². The maximum atomic E-state index is 12.2. The van der Waals surface area contributed by atoms with Crippen LogP contribution in [0.25, 0.3) is 0 Å². The van der Waals surface area contributed by atoms with Gasteiger partial charge < -0.3 is 10.4 Å². The van der Waals surface area contributed by atoms with E-state index >= 15 is 0 Å². The third-order valence-corrected chi connectivity index (χ3v) is 5.02. The van der Waals surface area contributed by atoms with Crippen LogP contribution in [0.3, 0.4) is 0 Å². The SMILES string of the molecule is CSC1CCCCC1NC(=O)c1cc(O)ccc1Cl. The zero-order chi connectivity index (χ0) is 13.8. The molecule has 0 aliphatic heterocycles. The topological polar surface area (TPSA) is 49.3 Å². The van der Waals surface area contributed by atoms with E-state index in [1.54, 1.807) is 17.8 Å². The highest BCUT2D eigenvalue weighted by atomic mass is 35.5. The molecule has 1 aromatic rings. The molecule has 1 aliphatic rings. The van der Waals surface area contributed by atoms with Gasteiger partial charge in [-0.3, -0.25) is 4.79 Å². The zero-order valence-corrected chi connectivity index (χ0v) is 12.4. The number of thioether (sulfide) groups is 1.